The Morgan fingerprint density at radius 2 is 1.68 bits per heavy atom. The van der Waals surface area contributed by atoms with Crippen LogP contribution in [0.1, 0.15) is 90.8 Å². The SMILES string of the molecule is CCC(CC)C(=O)/C=C(\O)C(CC)CC.Cc1[c-]c(-c2ncc3cc4scc(CC(C)(C)C)c4cn23)cc(C)c1.[Ir]. The number of carbonyl (C=O) groups is 1. The van der Waals surface area contributed by atoms with E-state index in [4.69, 9.17) is 4.98 Å². The van der Waals surface area contributed by atoms with Gasteiger partial charge in [0.1, 0.15) is 0 Å². The largest absolute Gasteiger partial charge is 0.512 e. The second-order valence-electron chi connectivity index (χ2n) is 12.2. The van der Waals surface area contributed by atoms with Gasteiger partial charge in [0, 0.05) is 60.5 Å². The van der Waals surface area contributed by atoms with Gasteiger partial charge in [0.2, 0.25) is 0 Å². The van der Waals surface area contributed by atoms with Crippen LogP contribution in [0.25, 0.3) is 27.0 Å². The molecule has 0 unspecified atom stereocenters. The Kier molecular flexibility index (Phi) is 13.0. The van der Waals surface area contributed by atoms with Gasteiger partial charge in [0.05, 0.1) is 17.1 Å². The second kappa shape index (κ2) is 15.3. The van der Waals surface area contributed by atoms with E-state index in [-0.39, 0.29) is 48.9 Å². The molecule has 0 bridgehead atoms. The van der Waals surface area contributed by atoms with Gasteiger partial charge in [-0.1, -0.05) is 62.3 Å². The zero-order chi connectivity index (χ0) is 29.6. The van der Waals surface area contributed by atoms with Crippen LogP contribution in [0, 0.1) is 37.2 Å². The van der Waals surface area contributed by atoms with Gasteiger partial charge in [-0.15, -0.1) is 46.2 Å². The van der Waals surface area contributed by atoms with Gasteiger partial charge >= 0.3 is 0 Å². The topological polar surface area (TPSA) is 54.6 Å². The van der Waals surface area contributed by atoms with E-state index in [9.17, 15) is 9.90 Å². The van der Waals surface area contributed by atoms with Gasteiger partial charge in [0.15, 0.2) is 5.78 Å². The summed E-state index contributed by atoms with van der Waals surface area (Å²) in [5.41, 5.74) is 6.30. The molecule has 1 N–H and O–H groups in total. The zero-order valence-electron chi connectivity index (χ0n) is 26.2. The molecule has 4 aromatic rings. The van der Waals surface area contributed by atoms with E-state index < -0.39 is 0 Å². The number of pyridine rings is 1. The number of imidazole rings is 1. The molecule has 0 aliphatic heterocycles. The van der Waals surface area contributed by atoms with Crippen molar-refractivity contribution in [3.63, 3.8) is 0 Å². The maximum atomic E-state index is 11.7. The molecule has 0 aliphatic carbocycles. The van der Waals surface area contributed by atoms with Crippen molar-refractivity contribution >= 4 is 32.7 Å². The molecular weight excluding hydrogens is 705 g/mol. The van der Waals surface area contributed by atoms with Crippen LogP contribution in [0.15, 0.2) is 47.8 Å². The maximum Gasteiger partial charge on any atom is 0.162 e. The molecule has 0 fully saturated rings. The molecule has 3 aromatic heterocycles. The summed E-state index contributed by atoms with van der Waals surface area (Å²) in [5.74, 6) is 1.52. The van der Waals surface area contributed by atoms with Crippen LogP contribution >= 0.6 is 11.3 Å². The van der Waals surface area contributed by atoms with Crippen molar-refractivity contribution in [1.29, 1.82) is 0 Å². The number of fused-ring (bicyclic) bond motifs is 2. The third-order valence-electron chi connectivity index (χ3n) is 7.49. The predicted octanol–water partition coefficient (Wildman–Crippen LogP) is 10.1. The number of nitrogens with zero attached hydrogens (tertiary/aromatic N) is 2. The summed E-state index contributed by atoms with van der Waals surface area (Å²) < 4.78 is 3.55. The summed E-state index contributed by atoms with van der Waals surface area (Å²) in [6.45, 7) is 19.2. The van der Waals surface area contributed by atoms with Crippen LogP contribution in [0.2, 0.25) is 0 Å². The van der Waals surface area contributed by atoms with Gasteiger partial charge in [-0.3, -0.25) is 9.78 Å². The normalized spacial score (nSPS) is 12.1. The maximum absolute atomic E-state index is 11.7. The van der Waals surface area contributed by atoms with Crippen LogP contribution in [0.4, 0.5) is 0 Å². The summed E-state index contributed by atoms with van der Waals surface area (Å²) in [6.07, 6.45) is 10.2. The van der Waals surface area contributed by atoms with Gasteiger partial charge in [-0.2, -0.15) is 0 Å². The standard InChI is InChI=1S/C22H23N2S.C13H24O2.Ir/c1-14-6-15(2)8-16(7-14)21-23-11-18-9-20-19(12-24(18)21)17(13-25-20)10-22(3,4)5;1-5-10(6-2)12(14)9-13(15)11(7-3)8-4;/h6-7,9,11-13H,10H2,1-5H3;9-11,14H,5-8H2,1-4H3;/q-1;;/b;12-9-;. The number of rotatable bonds is 9. The first-order valence-electron chi connectivity index (χ1n) is 14.7. The van der Waals surface area contributed by atoms with E-state index in [1.54, 1.807) is 0 Å². The van der Waals surface area contributed by atoms with Crippen molar-refractivity contribution in [2.24, 2.45) is 17.3 Å². The Morgan fingerprint density at radius 1 is 1.05 bits per heavy atom. The molecule has 4 nitrogen and oxygen atoms in total. The molecule has 0 aliphatic rings. The smallest absolute Gasteiger partial charge is 0.162 e. The number of thiophene rings is 1. The number of aromatic nitrogens is 2. The van der Waals surface area contributed by atoms with Crippen molar-refractivity contribution in [3.05, 3.63) is 70.6 Å². The average molecular weight is 752 g/mol. The second-order valence-corrected chi connectivity index (χ2v) is 13.1. The Labute approximate surface area is 264 Å². The summed E-state index contributed by atoms with van der Waals surface area (Å²) in [5, 5.41) is 13.4. The van der Waals surface area contributed by atoms with Crippen molar-refractivity contribution in [2.45, 2.75) is 94.4 Å². The fraction of sp³-hybridized carbons (Fsp3) is 0.486. The Bertz CT molecular complexity index is 1450. The van der Waals surface area contributed by atoms with E-state index >= 15 is 0 Å². The first-order chi connectivity index (χ1) is 18.9. The summed E-state index contributed by atoms with van der Waals surface area (Å²) in [4.78, 5) is 16.4. The number of aliphatic hydroxyl groups excluding tert-OH is 1. The fourth-order valence-electron chi connectivity index (χ4n) is 5.26. The number of hydrogen-bond donors (Lipinski definition) is 1. The molecule has 0 atom stereocenters. The van der Waals surface area contributed by atoms with Gasteiger partial charge in [-0.05, 0) is 54.5 Å². The number of hydrogen-bond acceptors (Lipinski definition) is 4. The summed E-state index contributed by atoms with van der Waals surface area (Å²) in [7, 11) is 0. The minimum absolute atomic E-state index is 0. The number of allylic oxidation sites excluding steroid dienone is 2. The summed E-state index contributed by atoms with van der Waals surface area (Å²) in [6, 6.07) is 10.0. The zero-order valence-corrected chi connectivity index (χ0v) is 29.4. The van der Waals surface area contributed by atoms with Crippen LogP contribution < -0.4 is 0 Å². The van der Waals surface area contributed by atoms with Gasteiger partial charge in [-0.25, -0.2) is 0 Å². The molecule has 1 radical (unpaired) electrons. The average Bonchev–Trinajstić information content (AvgIpc) is 3.46. The van der Waals surface area contributed by atoms with E-state index in [0.29, 0.717) is 0 Å². The van der Waals surface area contributed by atoms with E-state index in [1.165, 1.54) is 27.3 Å². The van der Waals surface area contributed by atoms with Crippen LogP contribution in [-0.2, 0) is 31.3 Å². The van der Waals surface area contributed by atoms with Crippen molar-refractivity contribution < 1.29 is 30.0 Å². The molecule has 41 heavy (non-hydrogen) atoms. The van der Waals surface area contributed by atoms with Gasteiger partial charge in [0.25, 0.3) is 0 Å². The molecule has 3 heterocycles. The van der Waals surface area contributed by atoms with Crippen LogP contribution in [-0.4, -0.2) is 20.3 Å². The number of carbonyl (C=O) groups excluding carboxylic acids is 1. The first-order valence-corrected chi connectivity index (χ1v) is 15.6. The summed E-state index contributed by atoms with van der Waals surface area (Å²) >= 11 is 1.83. The van der Waals surface area contributed by atoms with Gasteiger partial charge < -0.3 is 9.51 Å². The fourth-order valence-corrected chi connectivity index (χ4v) is 6.24. The Morgan fingerprint density at radius 3 is 2.24 bits per heavy atom. The third-order valence-corrected chi connectivity index (χ3v) is 8.49. The van der Waals surface area contributed by atoms with Crippen molar-refractivity contribution in [2.75, 3.05) is 0 Å². The molecule has 0 amide bonds. The number of aryl methyl sites for hydroxylation is 2. The number of aliphatic hydroxyl groups is 1. The van der Waals surface area contributed by atoms with Crippen molar-refractivity contribution in [3.8, 4) is 11.4 Å². The van der Waals surface area contributed by atoms with E-state index in [0.717, 1.165) is 54.6 Å². The third kappa shape index (κ3) is 9.11. The Balaban J connectivity index is 0.000000320. The van der Waals surface area contributed by atoms with E-state index in [2.05, 4.69) is 74.9 Å². The monoisotopic (exact) mass is 752 g/mol. The minimum Gasteiger partial charge on any atom is -0.512 e. The predicted molar refractivity (Wildman–Crippen MR) is 171 cm³/mol. The Hall–Kier alpha value is -2.27. The minimum atomic E-state index is 0. The number of benzene rings is 1. The number of ketones is 1. The molecule has 4 rings (SSSR count). The molecule has 6 heteroatoms. The van der Waals surface area contributed by atoms with Crippen LogP contribution in [0.3, 0.4) is 0 Å². The molecular formula is C35H47IrN2O2S-. The molecule has 0 spiro atoms. The van der Waals surface area contributed by atoms with Crippen LogP contribution in [0.5, 0.6) is 0 Å². The molecule has 0 saturated heterocycles. The molecule has 0 saturated carbocycles. The quantitative estimate of drug-likeness (QED) is 0.105. The van der Waals surface area contributed by atoms with Crippen molar-refractivity contribution in [1.82, 2.24) is 9.38 Å². The molecule has 1 aromatic carbocycles. The molecule has 225 valence electrons. The van der Waals surface area contributed by atoms with E-state index in [1.807, 2.05) is 45.2 Å². The first kappa shape index (κ1) is 34.9.